The van der Waals surface area contributed by atoms with Crippen LogP contribution < -0.4 is 0 Å². The van der Waals surface area contributed by atoms with E-state index in [0.29, 0.717) is 11.6 Å². The number of aromatic nitrogens is 2. The van der Waals surface area contributed by atoms with Gasteiger partial charge in [0.05, 0.1) is 17.3 Å². The smallest absolute Gasteiger partial charge is 0.125 e. The van der Waals surface area contributed by atoms with Crippen LogP contribution in [0.15, 0.2) is 36.5 Å². The molecule has 2 nitrogen and oxygen atoms in total. The van der Waals surface area contributed by atoms with E-state index >= 15 is 0 Å². The van der Waals surface area contributed by atoms with Gasteiger partial charge in [-0.05, 0) is 24.3 Å². The third kappa shape index (κ3) is 1.63. The molecule has 0 saturated carbocycles. The molecule has 0 bridgehead atoms. The molecule has 0 N–H and O–H groups in total. The van der Waals surface area contributed by atoms with Crippen LogP contribution in [0.5, 0.6) is 0 Å². The van der Waals surface area contributed by atoms with Gasteiger partial charge in [-0.1, -0.05) is 6.07 Å². The number of benzene rings is 1. The topological polar surface area (TPSA) is 17.8 Å². The van der Waals surface area contributed by atoms with Gasteiger partial charge in [-0.25, -0.2) is 9.07 Å². The van der Waals surface area contributed by atoms with E-state index in [4.69, 9.17) is 11.6 Å². The summed E-state index contributed by atoms with van der Waals surface area (Å²) in [7, 11) is 0. The normalized spacial score (nSPS) is 10.4. The molecule has 1 aromatic carbocycles. The van der Waals surface area contributed by atoms with Crippen LogP contribution in [0, 0.1) is 5.82 Å². The van der Waals surface area contributed by atoms with Crippen LogP contribution in [0.3, 0.4) is 0 Å². The molecular weight excluding hydrogens is 203 g/mol. The summed E-state index contributed by atoms with van der Waals surface area (Å²) in [5.74, 6) is 0.0785. The fraction of sp³-hybridized carbons (Fsp3) is 0.100. The van der Waals surface area contributed by atoms with Crippen molar-refractivity contribution in [3.8, 4) is 5.69 Å². The van der Waals surface area contributed by atoms with E-state index in [0.717, 1.165) is 5.69 Å². The molecule has 4 heteroatoms. The Morgan fingerprint density at radius 1 is 1.36 bits per heavy atom. The lowest BCUT2D eigenvalue weighted by Gasteiger charge is -2.04. The molecule has 1 heterocycles. The van der Waals surface area contributed by atoms with Gasteiger partial charge < -0.3 is 0 Å². The van der Waals surface area contributed by atoms with E-state index < -0.39 is 0 Å². The second-order valence-electron chi connectivity index (χ2n) is 2.85. The van der Waals surface area contributed by atoms with Gasteiger partial charge in [0.25, 0.3) is 0 Å². The Bertz CT molecular complexity index is 439. The minimum atomic E-state index is -0.279. The molecule has 2 rings (SSSR count). The highest BCUT2D eigenvalue weighted by molar-refractivity contribution is 6.16. The van der Waals surface area contributed by atoms with Crippen LogP contribution in [0.4, 0.5) is 4.39 Å². The number of alkyl halides is 1. The summed E-state index contributed by atoms with van der Waals surface area (Å²) in [5, 5.41) is 4.06. The Kier molecular flexibility index (Phi) is 2.50. The number of nitrogens with zero attached hydrogens (tertiary/aromatic N) is 2. The lowest BCUT2D eigenvalue weighted by molar-refractivity contribution is 0.625. The maximum absolute atomic E-state index is 12.9. The van der Waals surface area contributed by atoms with Crippen LogP contribution in [0.25, 0.3) is 5.69 Å². The summed E-state index contributed by atoms with van der Waals surface area (Å²) in [6.07, 6.45) is 1.64. The highest BCUT2D eigenvalue weighted by Crippen LogP contribution is 2.13. The average molecular weight is 211 g/mol. The van der Waals surface area contributed by atoms with Crippen LogP contribution >= 0.6 is 11.6 Å². The highest BCUT2D eigenvalue weighted by atomic mass is 35.5. The average Bonchev–Trinajstić information content (AvgIpc) is 2.65. The predicted octanol–water partition coefficient (Wildman–Crippen LogP) is 2.75. The van der Waals surface area contributed by atoms with Gasteiger partial charge in [0.2, 0.25) is 0 Å². The summed E-state index contributed by atoms with van der Waals surface area (Å²) >= 11 is 5.71. The van der Waals surface area contributed by atoms with Crippen molar-refractivity contribution >= 4 is 11.6 Å². The van der Waals surface area contributed by atoms with Crippen molar-refractivity contribution < 1.29 is 4.39 Å². The Hall–Kier alpha value is -1.35. The maximum atomic E-state index is 12.9. The molecule has 0 spiro atoms. The molecule has 0 amide bonds. The second kappa shape index (κ2) is 3.80. The van der Waals surface area contributed by atoms with E-state index in [1.54, 1.807) is 29.1 Å². The summed E-state index contributed by atoms with van der Waals surface area (Å²) < 4.78 is 14.5. The van der Waals surface area contributed by atoms with Crippen molar-refractivity contribution in [3.63, 3.8) is 0 Å². The first-order valence-corrected chi connectivity index (χ1v) is 4.69. The predicted molar refractivity (Wildman–Crippen MR) is 53.1 cm³/mol. The van der Waals surface area contributed by atoms with E-state index in [2.05, 4.69) is 5.10 Å². The third-order valence-corrected chi connectivity index (χ3v) is 2.18. The van der Waals surface area contributed by atoms with Crippen molar-refractivity contribution in [1.82, 2.24) is 9.78 Å². The molecule has 0 aliphatic carbocycles. The minimum absolute atomic E-state index is 0.279. The Balaban J connectivity index is 2.49. The Labute approximate surface area is 85.9 Å². The molecular formula is C10H8ClFN2. The molecule has 0 atom stereocenters. The summed E-state index contributed by atoms with van der Waals surface area (Å²) in [6.45, 7) is 0. The minimum Gasteiger partial charge on any atom is -0.236 e. The summed E-state index contributed by atoms with van der Waals surface area (Å²) in [5.41, 5.74) is 1.53. The van der Waals surface area contributed by atoms with E-state index in [9.17, 15) is 4.39 Å². The van der Waals surface area contributed by atoms with Crippen molar-refractivity contribution in [1.29, 1.82) is 0 Å². The van der Waals surface area contributed by atoms with Crippen molar-refractivity contribution in [3.05, 3.63) is 48.0 Å². The van der Waals surface area contributed by atoms with Gasteiger partial charge in [-0.15, -0.1) is 11.6 Å². The molecule has 0 fully saturated rings. The number of rotatable bonds is 2. The standard InChI is InChI=1S/C10H8ClFN2/c11-7-10-4-5-13-14(10)9-3-1-2-8(12)6-9/h1-6H,7H2. The van der Waals surface area contributed by atoms with Crippen molar-refractivity contribution in [2.24, 2.45) is 0 Å². The molecule has 14 heavy (non-hydrogen) atoms. The van der Waals surface area contributed by atoms with Crippen LogP contribution in [-0.2, 0) is 5.88 Å². The summed E-state index contributed by atoms with van der Waals surface area (Å²) in [4.78, 5) is 0. The monoisotopic (exact) mass is 210 g/mol. The molecule has 0 aliphatic rings. The quantitative estimate of drug-likeness (QED) is 0.697. The highest BCUT2D eigenvalue weighted by Gasteiger charge is 2.03. The fourth-order valence-corrected chi connectivity index (χ4v) is 1.47. The zero-order valence-electron chi connectivity index (χ0n) is 7.32. The van der Waals surface area contributed by atoms with Crippen LogP contribution in [0.2, 0.25) is 0 Å². The van der Waals surface area contributed by atoms with Gasteiger partial charge in [0.15, 0.2) is 0 Å². The number of hydrogen-bond acceptors (Lipinski definition) is 1. The second-order valence-corrected chi connectivity index (χ2v) is 3.12. The molecule has 0 radical (unpaired) electrons. The first-order valence-electron chi connectivity index (χ1n) is 4.16. The van der Waals surface area contributed by atoms with Gasteiger partial charge in [-0.2, -0.15) is 5.10 Å². The van der Waals surface area contributed by atoms with Crippen molar-refractivity contribution in [2.75, 3.05) is 0 Å². The number of halogens is 2. The van der Waals surface area contributed by atoms with Crippen molar-refractivity contribution in [2.45, 2.75) is 5.88 Å². The third-order valence-electron chi connectivity index (χ3n) is 1.91. The molecule has 2 aromatic rings. The van der Waals surface area contributed by atoms with Gasteiger partial charge in [0.1, 0.15) is 5.82 Å². The first-order chi connectivity index (χ1) is 6.81. The number of hydrogen-bond donors (Lipinski definition) is 0. The van der Waals surface area contributed by atoms with Crippen LogP contribution in [-0.4, -0.2) is 9.78 Å². The fourth-order valence-electron chi connectivity index (χ4n) is 1.27. The van der Waals surface area contributed by atoms with E-state index in [1.807, 2.05) is 0 Å². The van der Waals surface area contributed by atoms with E-state index in [-0.39, 0.29) is 5.82 Å². The van der Waals surface area contributed by atoms with E-state index in [1.165, 1.54) is 12.1 Å². The molecule has 0 saturated heterocycles. The summed E-state index contributed by atoms with van der Waals surface area (Å²) in [6, 6.07) is 8.05. The van der Waals surface area contributed by atoms with Gasteiger partial charge in [0, 0.05) is 6.20 Å². The molecule has 0 unspecified atom stereocenters. The lowest BCUT2D eigenvalue weighted by Crippen LogP contribution is -2.00. The van der Waals surface area contributed by atoms with Gasteiger partial charge >= 0.3 is 0 Å². The maximum Gasteiger partial charge on any atom is 0.125 e. The molecule has 1 aromatic heterocycles. The Morgan fingerprint density at radius 3 is 2.93 bits per heavy atom. The Morgan fingerprint density at radius 2 is 2.21 bits per heavy atom. The zero-order valence-corrected chi connectivity index (χ0v) is 8.08. The largest absolute Gasteiger partial charge is 0.236 e. The first kappa shape index (κ1) is 9.21. The SMILES string of the molecule is Fc1cccc(-n2nccc2CCl)c1. The molecule has 72 valence electrons. The molecule has 0 aliphatic heterocycles. The zero-order chi connectivity index (χ0) is 9.97. The van der Waals surface area contributed by atoms with Crippen LogP contribution in [0.1, 0.15) is 5.69 Å². The van der Waals surface area contributed by atoms with Gasteiger partial charge in [-0.3, -0.25) is 0 Å². The lowest BCUT2D eigenvalue weighted by atomic mass is 10.3.